The highest BCUT2D eigenvalue weighted by Gasteiger charge is 2.45. The lowest BCUT2D eigenvalue weighted by molar-refractivity contribution is -0.136. The molecule has 3 fully saturated rings. The van der Waals surface area contributed by atoms with E-state index < -0.39 is 29.7 Å². The quantitative estimate of drug-likeness (QED) is 0.354. The van der Waals surface area contributed by atoms with Crippen LogP contribution in [0.3, 0.4) is 0 Å². The number of carbonyl (C=O) groups is 5. The molecule has 7 rings (SSSR count). The third-order valence-electron chi connectivity index (χ3n) is 10.8. The Morgan fingerprint density at radius 2 is 1.45 bits per heavy atom. The molecule has 5 amide bonds. The highest BCUT2D eigenvalue weighted by molar-refractivity contribution is 6.25. The smallest absolute Gasteiger partial charge is 0.262 e. The van der Waals surface area contributed by atoms with E-state index in [1.807, 2.05) is 47.4 Å². The van der Waals surface area contributed by atoms with Gasteiger partial charge in [-0.05, 0) is 104 Å². The number of piperidine rings is 3. The lowest BCUT2D eigenvalue weighted by Gasteiger charge is -2.40. The van der Waals surface area contributed by atoms with Gasteiger partial charge in [0.2, 0.25) is 17.7 Å². The topological polar surface area (TPSA) is 116 Å². The molecule has 10 heteroatoms. The molecule has 1 unspecified atom stereocenters. The predicted octanol–water partition coefficient (Wildman–Crippen LogP) is 4.46. The van der Waals surface area contributed by atoms with Gasteiger partial charge in [0.25, 0.3) is 11.8 Å². The van der Waals surface area contributed by atoms with E-state index in [2.05, 4.69) is 22.3 Å². The minimum atomic E-state index is -0.994. The van der Waals surface area contributed by atoms with Crippen LogP contribution in [-0.4, -0.2) is 83.6 Å². The summed E-state index contributed by atoms with van der Waals surface area (Å²) in [7, 11) is 1.64. The van der Waals surface area contributed by atoms with Gasteiger partial charge in [0.15, 0.2) is 0 Å². The van der Waals surface area contributed by atoms with Gasteiger partial charge in [-0.15, -0.1) is 0 Å². The van der Waals surface area contributed by atoms with Gasteiger partial charge in [-0.25, -0.2) is 0 Å². The number of benzene rings is 3. The van der Waals surface area contributed by atoms with Crippen LogP contribution in [0.15, 0.2) is 66.7 Å². The van der Waals surface area contributed by atoms with Gasteiger partial charge in [-0.1, -0.05) is 42.5 Å². The molecule has 0 aliphatic carbocycles. The number of methoxy groups -OCH3 is 1. The van der Waals surface area contributed by atoms with Crippen LogP contribution >= 0.6 is 0 Å². The summed E-state index contributed by atoms with van der Waals surface area (Å²) < 4.78 is 5.31. The molecule has 0 saturated carbocycles. The molecule has 3 saturated heterocycles. The van der Waals surface area contributed by atoms with Gasteiger partial charge in [-0.2, -0.15) is 0 Å². The van der Waals surface area contributed by atoms with Crippen molar-refractivity contribution < 1.29 is 28.7 Å². The molecule has 0 radical (unpaired) electrons. The van der Waals surface area contributed by atoms with Crippen molar-refractivity contribution in [2.75, 3.05) is 33.3 Å². The summed E-state index contributed by atoms with van der Waals surface area (Å²) in [6.07, 6.45) is 5.01. The number of amides is 5. The Balaban J connectivity index is 0.938. The molecule has 4 aliphatic rings. The molecule has 4 heterocycles. The van der Waals surface area contributed by atoms with Crippen molar-refractivity contribution >= 4 is 29.5 Å². The summed E-state index contributed by atoms with van der Waals surface area (Å²) in [5, 5.41) is 2.26. The zero-order chi connectivity index (χ0) is 34.1. The number of carbonyl (C=O) groups excluding carboxylic acids is 5. The van der Waals surface area contributed by atoms with Gasteiger partial charge in [0, 0.05) is 26.1 Å². The number of hydrogen-bond acceptors (Lipinski definition) is 7. The van der Waals surface area contributed by atoms with E-state index >= 15 is 0 Å². The van der Waals surface area contributed by atoms with Crippen LogP contribution in [0.5, 0.6) is 5.75 Å². The zero-order valence-corrected chi connectivity index (χ0v) is 27.9. The average Bonchev–Trinajstić information content (AvgIpc) is 3.37. The summed E-state index contributed by atoms with van der Waals surface area (Å²) in [5.74, 6) is 0.274. The zero-order valence-electron chi connectivity index (χ0n) is 27.9. The third kappa shape index (κ3) is 6.74. The van der Waals surface area contributed by atoms with Gasteiger partial charge in [-0.3, -0.25) is 39.1 Å². The Hall–Kier alpha value is -4.83. The van der Waals surface area contributed by atoms with Crippen LogP contribution in [0.1, 0.15) is 70.4 Å². The summed E-state index contributed by atoms with van der Waals surface area (Å²) in [4.78, 5) is 69.7. The number of imide groups is 2. The molecule has 3 aromatic rings. The fourth-order valence-electron chi connectivity index (χ4n) is 8.12. The van der Waals surface area contributed by atoms with E-state index in [0.29, 0.717) is 29.4 Å². The molecule has 1 atom stereocenters. The first-order valence-corrected chi connectivity index (χ1v) is 17.4. The Bertz CT molecular complexity index is 1790. The second-order valence-corrected chi connectivity index (χ2v) is 13.7. The van der Waals surface area contributed by atoms with Crippen molar-refractivity contribution in [3.8, 4) is 16.9 Å². The first-order chi connectivity index (χ1) is 23.8. The fraction of sp³-hybridized carbons (Fsp3) is 0.410. The molecule has 49 heavy (non-hydrogen) atoms. The molecule has 0 bridgehead atoms. The molecule has 3 aromatic carbocycles. The molecular weight excluding hydrogens is 620 g/mol. The summed E-state index contributed by atoms with van der Waals surface area (Å²) in [5.41, 5.74) is 4.23. The monoisotopic (exact) mass is 662 g/mol. The Kier molecular flexibility index (Phi) is 9.31. The van der Waals surface area contributed by atoms with Gasteiger partial charge in [0.05, 0.1) is 24.7 Å². The van der Waals surface area contributed by atoms with Crippen molar-refractivity contribution in [2.24, 2.45) is 11.8 Å². The standard InChI is InChI=1S/C39H42N4O6/c1-49-30-8-3-5-25(22-30)23-35(45)42-19-15-28(16-20-42)27-13-17-41(18-14-27)24-26-6-2-7-29(21-26)31-9-4-10-32-36(31)39(48)43(38(32)47)33-11-12-34(44)40-37(33)46/h2-10,21-22,27-28,33H,11-20,23-24H2,1H3,(H,40,44,46). The number of nitrogens with one attached hydrogen (secondary N) is 1. The van der Waals surface area contributed by atoms with E-state index in [4.69, 9.17) is 4.74 Å². The maximum atomic E-state index is 13.6. The average molecular weight is 663 g/mol. The molecular formula is C39H42N4O6. The normalized spacial score (nSPS) is 20.8. The SMILES string of the molecule is COc1cccc(CC(=O)N2CCC(C3CCN(Cc4cccc(-c5cccc6c5C(=O)N(C5CCC(=O)NC5=O)C6=O)c4)CC3)CC2)c1. The van der Waals surface area contributed by atoms with Crippen LogP contribution in [-0.2, 0) is 27.3 Å². The largest absolute Gasteiger partial charge is 0.497 e. The second kappa shape index (κ2) is 14.0. The van der Waals surface area contributed by atoms with E-state index in [9.17, 15) is 24.0 Å². The van der Waals surface area contributed by atoms with Gasteiger partial charge in [0.1, 0.15) is 11.8 Å². The lowest BCUT2D eigenvalue weighted by atomic mass is 9.78. The van der Waals surface area contributed by atoms with Crippen molar-refractivity contribution in [1.82, 2.24) is 20.0 Å². The van der Waals surface area contributed by atoms with E-state index in [1.165, 1.54) is 0 Å². The van der Waals surface area contributed by atoms with Crippen LogP contribution in [0.4, 0.5) is 0 Å². The number of fused-ring (bicyclic) bond motifs is 1. The van der Waals surface area contributed by atoms with Crippen molar-refractivity contribution in [1.29, 1.82) is 0 Å². The predicted molar refractivity (Wildman–Crippen MR) is 183 cm³/mol. The van der Waals surface area contributed by atoms with Gasteiger partial charge < -0.3 is 9.64 Å². The second-order valence-electron chi connectivity index (χ2n) is 13.7. The van der Waals surface area contributed by atoms with Crippen LogP contribution in [0.2, 0.25) is 0 Å². The van der Waals surface area contributed by atoms with E-state index in [-0.39, 0.29) is 24.3 Å². The molecule has 0 aromatic heterocycles. The highest BCUT2D eigenvalue weighted by atomic mass is 16.5. The van der Waals surface area contributed by atoms with Crippen molar-refractivity contribution in [2.45, 2.75) is 57.5 Å². The van der Waals surface area contributed by atoms with Crippen molar-refractivity contribution in [3.05, 3.63) is 89.0 Å². The van der Waals surface area contributed by atoms with Crippen LogP contribution in [0.25, 0.3) is 11.1 Å². The summed E-state index contributed by atoms with van der Waals surface area (Å²) >= 11 is 0. The number of nitrogens with zero attached hydrogens (tertiary/aromatic N) is 3. The summed E-state index contributed by atoms with van der Waals surface area (Å²) in [6.45, 7) is 4.46. The third-order valence-corrected chi connectivity index (χ3v) is 10.8. The molecule has 1 N–H and O–H groups in total. The summed E-state index contributed by atoms with van der Waals surface area (Å²) in [6, 6.07) is 20.1. The van der Waals surface area contributed by atoms with Crippen molar-refractivity contribution in [3.63, 3.8) is 0 Å². The van der Waals surface area contributed by atoms with Crippen LogP contribution < -0.4 is 10.1 Å². The number of hydrogen-bond donors (Lipinski definition) is 1. The maximum absolute atomic E-state index is 13.6. The number of rotatable bonds is 8. The molecule has 254 valence electrons. The van der Waals surface area contributed by atoms with Crippen LogP contribution in [0, 0.1) is 11.8 Å². The van der Waals surface area contributed by atoms with E-state index in [0.717, 1.165) is 85.7 Å². The first kappa shape index (κ1) is 32.7. The number of likely N-dealkylation sites (tertiary alicyclic amines) is 2. The van der Waals surface area contributed by atoms with E-state index in [1.54, 1.807) is 19.2 Å². The Labute approximate surface area is 286 Å². The number of ether oxygens (including phenoxy) is 1. The Morgan fingerprint density at radius 1 is 0.776 bits per heavy atom. The highest BCUT2D eigenvalue weighted by Crippen LogP contribution is 2.36. The molecule has 10 nitrogen and oxygen atoms in total. The molecule has 0 spiro atoms. The fourth-order valence-corrected chi connectivity index (χ4v) is 8.12. The maximum Gasteiger partial charge on any atom is 0.262 e. The first-order valence-electron chi connectivity index (χ1n) is 17.4. The lowest BCUT2D eigenvalue weighted by Crippen LogP contribution is -2.54. The minimum absolute atomic E-state index is 0.0854. The minimum Gasteiger partial charge on any atom is -0.497 e. The molecule has 4 aliphatic heterocycles. The Morgan fingerprint density at radius 3 is 2.18 bits per heavy atom. The van der Waals surface area contributed by atoms with Gasteiger partial charge >= 0.3 is 0 Å².